The van der Waals surface area contributed by atoms with Gasteiger partial charge >= 0.3 is 0 Å². The minimum Gasteiger partial charge on any atom is -0.381 e. The fourth-order valence-corrected chi connectivity index (χ4v) is 4.86. The summed E-state index contributed by atoms with van der Waals surface area (Å²) in [6, 6.07) is 8.07. The first-order valence-corrected chi connectivity index (χ1v) is 9.84. The third-order valence-corrected chi connectivity index (χ3v) is 6.67. The number of nitrogens with zero attached hydrogens (tertiary/aromatic N) is 2. The van der Waals surface area contributed by atoms with Crippen LogP contribution in [0.3, 0.4) is 0 Å². The average molecular weight is 356 g/mol. The smallest absolute Gasteiger partial charge is 0.254 e. The van der Waals surface area contributed by atoms with Gasteiger partial charge in [-0.25, -0.2) is 0 Å². The maximum absolute atomic E-state index is 13.2. The molecule has 3 aliphatic heterocycles. The van der Waals surface area contributed by atoms with Gasteiger partial charge in [-0.05, 0) is 55.7 Å². The number of benzene rings is 1. The van der Waals surface area contributed by atoms with E-state index >= 15 is 0 Å². The topological polar surface area (TPSA) is 49.9 Å². The van der Waals surface area contributed by atoms with Gasteiger partial charge in [0.2, 0.25) is 5.91 Å². The summed E-state index contributed by atoms with van der Waals surface area (Å²) in [5, 5.41) is 0. The van der Waals surface area contributed by atoms with Crippen molar-refractivity contribution in [3.8, 4) is 0 Å². The predicted octanol–water partition coefficient (Wildman–Crippen LogP) is 2.84. The molecule has 1 atom stereocenters. The zero-order valence-corrected chi connectivity index (χ0v) is 15.6. The van der Waals surface area contributed by atoms with E-state index < -0.39 is 0 Å². The Morgan fingerprint density at radius 1 is 1.23 bits per heavy atom. The van der Waals surface area contributed by atoms with Gasteiger partial charge in [0.1, 0.15) is 0 Å². The van der Waals surface area contributed by atoms with E-state index in [0.717, 1.165) is 63.1 Å². The molecular weight excluding hydrogens is 328 g/mol. The first kappa shape index (κ1) is 17.5. The van der Waals surface area contributed by atoms with E-state index in [4.69, 9.17) is 4.74 Å². The molecule has 0 radical (unpaired) electrons. The van der Waals surface area contributed by atoms with Gasteiger partial charge in [0.05, 0.1) is 0 Å². The van der Waals surface area contributed by atoms with Gasteiger partial charge in [-0.3, -0.25) is 9.59 Å². The highest BCUT2D eigenvalue weighted by atomic mass is 16.5. The highest BCUT2D eigenvalue weighted by Gasteiger charge is 2.47. The van der Waals surface area contributed by atoms with Gasteiger partial charge in [-0.1, -0.05) is 12.1 Å². The third kappa shape index (κ3) is 3.13. The van der Waals surface area contributed by atoms with Gasteiger partial charge < -0.3 is 14.5 Å². The van der Waals surface area contributed by atoms with Crippen LogP contribution in [0.1, 0.15) is 54.9 Å². The Morgan fingerprint density at radius 2 is 2.04 bits per heavy atom. The maximum atomic E-state index is 13.2. The van der Waals surface area contributed by atoms with E-state index in [9.17, 15) is 9.59 Å². The maximum Gasteiger partial charge on any atom is 0.254 e. The summed E-state index contributed by atoms with van der Waals surface area (Å²) >= 11 is 0. The highest BCUT2D eigenvalue weighted by Crippen LogP contribution is 2.45. The van der Waals surface area contributed by atoms with Crippen molar-refractivity contribution in [1.82, 2.24) is 9.80 Å². The number of hydrogen-bond donors (Lipinski definition) is 0. The minimum absolute atomic E-state index is 0.121. The lowest BCUT2D eigenvalue weighted by Gasteiger charge is -2.38. The van der Waals surface area contributed by atoms with E-state index in [1.54, 1.807) is 0 Å². The van der Waals surface area contributed by atoms with Crippen molar-refractivity contribution in [2.24, 2.45) is 5.41 Å². The molecule has 5 nitrogen and oxygen atoms in total. The molecule has 1 aromatic rings. The third-order valence-electron chi connectivity index (χ3n) is 6.67. The molecule has 0 saturated carbocycles. The molecule has 1 aromatic carbocycles. The number of rotatable bonds is 3. The molecule has 5 heteroatoms. The summed E-state index contributed by atoms with van der Waals surface area (Å²) in [5.74, 6) is 0.340. The van der Waals surface area contributed by atoms with Crippen LogP contribution in [0.15, 0.2) is 24.3 Å². The van der Waals surface area contributed by atoms with E-state index in [1.165, 1.54) is 0 Å². The van der Waals surface area contributed by atoms with Crippen LogP contribution >= 0.6 is 0 Å². The zero-order chi connectivity index (χ0) is 18.1. The number of hydrogen-bond acceptors (Lipinski definition) is 3. The van der Waals surface area contributed by atoms with Gasteiger partial charge in [-0.2, -0.15) is 0 Å². The van der Waals surface area contributed by atoms with Gasteiger partial charge in [-0.15, -0.1) is 0 Å². The quantitative estimate of drug-likeness (QED) is 0.837. The van der Waals surface area contributed by atoms with Crippen LogP contribution in [0.2, 0.25) is 0 Å². The van der Waals surface area contributed by atoms with Gasteiger partial charge in [0.25, 0.3) is 5.91 Å². The Kier molecular flexibility index (Phi) is 4.74. The summed E-state index contributed by atoms with van der Waals surface area (Å²) < 4.78 is 5.54. The standard InChI is InChI=1S/C21H28N2O3/c1-16-21(8-12-26-13-9-21)7-11-23(16)20(25)18-5-2-4-17(14-18)15-22-10-3-6-19(22)24/h2,4-5,14,16H,3,6-13,15H2,1H3. The van der Waals surface area contributed by atoms with Crippen molar-refractivity contribution < 1.29 is 14.3 Å². The summed E-state index contributed by atoms with van der Waals surface area (Å²) in [6.07, 6.45) is 4.76. The van der Waals surface area contributed by atoms with E-state index in [2.05, 4.69) is 6.92 Å². The molecule has 3 aliphatic rings. The largest absolute Gasteiger partial charge is 0.381 e. The van der Waals surface area contributed by atoms with E-state index in [-0.39, 0.29) is 23.3 Å². The molecule has 4 rings (SSSR count). The van der Waals surface area contributed by atoms with Crippen LogP contribution in [0.4, 0.5) is 0 Å². The number of carbonyl (C=O) groups excluding carboxylic acids is 2. The zero-order valence-electron chi connectivity index (χ0n) is 15.6. The van der Waals surface area contributed by atoms with Crippen LogP contribution in [0.25, 0.3) is 0 Å². The molecular formula is C21H28N2O3. The fraction of sp³-hybridized carbons (Fsp3) is 0.619. The summed E-state index contributed by atoms with van der Waals surface area (Å²) in [6.45, 7) is 6.08. The van der Waals surface area contributed by atoms with Crippen molar-refractivity contribution in [1.29, 1.82) is 0 Å². The van der Waals surface area contributed by atoms with Crippen molar-refractivity contribution in [3.05, 3.63) is 35.4 Å². The molecule has 3 fully saturated rings. The summed E-state index contributed by atoms with van der Waals surface area (Å²) in [4.78, 5) is 28.9. The lowest BCUT2D eigenvalue weighted by Crippen LogP contribution is -2.43. The fourth-order valence-electron chi connectivity index (χ4n) is 4.86. The molecule has 1 unspecified atom stereocenters. The van der Waals surface area contributed by atoms with Crippen LogP contribution in [0, 0.1) is 5.41 Å². The molecule has 3 saturated heterocycles. The van der Waals surface area contributed by atoms with Crippen molar-refractivity contribution in [3.63, 3.8) is 0 Å². The molecule has 0 bridgehead atoms. The van der Waals surface area contributed by atoms with Crippen LogP contribution in [-0.4, -0.2) is 54.0 Å². The molecule has 140 valence electrons. The molecule has 0 aliphatic carbocycles. The second-order valence-electron chi connectivity index (χ2n) is 8.02. The Bertz CT molecular complexity index is 696. The normalized spacial score (nSPS) is 25.3. The molecule has 0 N–H and O–H groups in total. The molecule has 0 aromatic heterocycles. The van der Waals surface area contributed by atoms with Crippen molar-refractivity contribution in [2.45, 2.75) is 51.6 Å². The lowest BCUT2D eigenvalue weighted by molar-refractivity contribution is -0.128. The number of ether oxygens (including phenoxy) is 1. The molecule has 3 heterocycles. The SMILES string of the molecule is CC1N(C(=O)c2cccc(CN3CCCC3=O)c2)CCC12CCOCC2. The molecule has 26 heavy (non-hydrogen) atoms. The molecule has 2 amide bonds. The highest BCUT2D eigenvalue weighted by molar-refractivity contribution is 5.95. The van der Waals surface area contributed by atoms with Gasteiger partial charge in [0.15, 0.2) is 0 Å². The van der Waals surface area contributed by atoms with Crippen LogP contribution < -0.4 is 0 Å². The monoisotopic (exact) mass is 356 g/mol. The minimum atomic E-state index is 0.121. The van der Waals surface area contributed by atoms with Crippen LogP contribution in [-0.2, 0) is 16.1 Å². The lowest BCUT2D eigenvalue weighted by atomic mass is 9.74. The predicted molar refractivity (Wildman–Crippen MR) is 98.7 cm³/mol. The molecule has 1 spiro atoms. The van der Waals surface area contributed by atoms with E-state index in [1.807, 2.05) is 34.1 Å². The Balaban J connectivity index is 1.48. The Hall–Kier alpha value is -1.88. The first-order valence-electron chi connectivity index (χ1n) is 9.84. The van der Waals surface area contributed by atoms with Crippen LogP contribution in [0.5, 0.6) is 0 Å². The number of likely N-dealkylation sites (tertiary alicyclic amines) is 2. The first-order chi connectivity index (χ1) is 12.6. The Labute approximate surface area is 155 Å². The van der Waals surface area contributed by atoms with Crippen molar-refractivity contribution in [2.75, 3.05) is 26.3 Å². The summed E-state index contributed by atoms with van der Waals surface area (Å²) in [7, 11) is 0. The number of amides is 2. The van der Waals surface area contributed by atoms with Gasteiger partial charge in [0, 0.05) is 50.9 Å². The second-order valence-corrected chi connectivity index (χ2v) is 8.02. The summed E-state index contributed by atoms with van der Waals surface area (Å²) in [5.41, 5.74) is 2.01. The van der Waals surface area contributed by atoms with E-state index in [0.29, 0.717) is 13.0 Å². The second kappa shape index (κ2) is 7.03. The number of carbonyl (C=O) groups is 2. The average Bonchev–Trinajstić information content (AvgIpc) is 3.20. The van der Waals surface area contributed by atoms with Crippen molar-refractivity contribution >= 4 is 11.8 Å². The Morgan fingerprint density at radius 3 is 2.77 bits per heavy atom.